The fourth-order valence-electron chi connectivity index (χ4n) is 4.06. The van der Waals surface area contributed by atoms with Crippen LogP contribution in [0.5, 0.6) is 11.5 Å². The molecule has 2 N–H and O–H groups in total. The minimum Gasteiger partial charge on any atom is -0.493 e. The van der Waals surface area contributed by atoms with Crippen molar-refractivity contribution in [1.29, 1.82) is 0 Å². The molecule has 5 rings (SSSR count). The van der Waals surface area contributed by atoms with E-state index in [4.69, 9.17) is 17.3 Å². The van der Waals surface area contributed by atoms with E-state index in [1.165, 1.54) is 0 Å². The van der Waals surface area contributed by atoms with Gasteiger partial charge < -0.3 is 25.0 Å². The monoisotopic (exact) mass is 466 g/mol. The van der Waals surface area contributed by atoms with Crippen LogP contribution >= 0.6 is 0 Å². The van der Waals surface area contributed by atoms with Gasteiger partial charge in [0, 0.05) is 29.4 Å². The summed E-state index contributed by atoms with van der Waals surface area (Å²) in [4.78, 5) is 15.6. The summed E-state index contributed by atoms with van der Waals surface area (Å²) in [6.07, 6.45) is 5.70. The van der Waals surface area contributed by atoms with Crippen molar-refractivity contribution in [2.75, 3.05) is 31.8 Å². The summed E-state index contributed by atoms with van der Waals surface area (Å²) in [6.45, 7) is 0. The Balaban J connectivity index is 1.27. The highest BCUT2D eigenvalue weighted by molar-refractivity contribution is 6.33. The molecule has 1 fully saturated rings. The predicted octanol–water partition coefficient (Wildman–Crippen LogP) is 3.79. The number of hydrogen-bond donors (Lipinski definition) is 2. The lowest BCUT2D eigenvalue weighted by molar-refractivity contribution is 0.0383. The molecule has 2 radical (unpaired) electrons. The molecule has 0 bridgehead atoms. The highest BCUT2D eigenvalue weighted by atomic mass is 16.5. The first kappa shape index (κ1) is 22.9. The van der Waals surface area contributed by atoms with E-state index in [9.17, 15) is 0 Å². The number of fused-ring (bicyclic) bond motifs is 1. The first-order valence-corrected chi connectivity index (χ1v) is 11.5. The Kier molecular flexibility index (Phi) is 6.42. The molecular weight excluding hydrogens is 439 g/mol. The number of benzene rings is 2. The summed E-state index contributed by atoms with van der Waals surface area (Å²) in [5.74, 6) is 2.50. The average Bonchev–Trinajstić information content (AvgIpc) is 2.81. The van der Waals surface area contributed by atoms with Gasteiger partial charge in [0.25, 0.3) is 0 Å². The fraction of sp³-hybridized carbons (Fsp3) is 0.269. The summed E-state index contributed by atoms with van der Waals surface area (Å²) >= 11 is 0. The number of hydrogen-bond acceptors (Lipinski definition) is 8. The molecule has 9 heteroatoms. The van der Waals surface area contributed by atoms with E-state index in [0.29, 0.717) is 29.0 Å². The third-order valence-corrected chi connectivity index (χ3v) is 6.15. The van der Waals surface area contributed by atoms with E-state index in [2.05, 4.69) is 44.6 Å². The van der Waals surface area contributed by atoms with Gasteiger partial charge in [-0.05, 0) is 57.3 Å². The van der Waals surface area contributed by atoms with Gasteiger partial charge in [-0.25, -0.2) is 4.98 Å². The highest BCUT2D eigenvalue weighted by Crippen LogP contribution is 2.36. The Morgan fingerprint density at radius 2 is 1.80 bits per heavy atom. The van der Waals surface area contributed by atoms with Crippen LogP contribution in [-0.2, 0) is 0 Å². The summed E-state index contributed by atoms with van der Waals surface area (Å²) in [5.41, 5.74) is 3.19. The van der Waals surface area contributed by atoms with Crippen LogP contribution in [0.2, 0.25) is 0 Å². The number of pyridine rings is 1. The molecule has 0 unspecified atom stereocenters. The molecule has 0 aliphatic heterocycles. The molecule has 0 spiro atoms. The fourth-order valence-corrected chi connectivity index (χ4v) is 4.06. The molecule has 0 saturated heterocycles. The van der Waals surface area contributed by atoms with E-state index in [0.717, 1.165) is 40.9 Å². The van der Waals surface area contributed by atoms with Gasteiger partial charge in [0.1, 0.15) is 19.8 Å². The number of anilines is 4. The summed E-state index contributed by atoms with van der Waals surface area (Å²) in [7, 11) is 11.7. The number of aromatic nitrogens is 3. The molecule has 1 aliphatic carbocycles. The number of methoxy groups -OCH3 is 1. The van der Waals surface area contributed by atoms with E-state index in [-0.39, 0.29) is 6.10 Å². The lowest BCUT2D eigenvalue weighted by Gasteiger charge is -2.39. The second-order valence-corrected chi connectivity index (χ2v) is 8.89. The van der Waals surface area contributed by atoms with Gasteiger partial charge in [-0.2, -0.15) is 4.98 Å². The molecule has 0 amide bonds. The van der Waals surface area contributed by atoms with Crippen molar-refractivity contribution in [2.45, 2.75) is 25.0 Å². The van der Waals surface area contributed by atoms with Crippen molar-refractivity contribution in [3.8, 4) is 11.5 Å². The lowest BCUT2D eigenvalue weighted by atomic mass is 9.88. The van der Waals surface area contributed by atoms with Gasteiger partial charge in [-0.1, -0.05) is 17.6 Å². The Bertz CT molecular complexity index is 1340. The third-order valence-electron chi connectivity index (χ3n) is 6.15. The zero-order valence-electron chi connectivity index (χ0n) is 20.0. The number of nitrogens with one attached hydrogen (secondary N) is 2. The first-order chi connectivity index (χ1) is 17.0. The third kappa shape index (κ3) is 5.30. The van der Waals surface area contributed by atoms with Crippen molar-refractivity contribution in [1.82, 2.24) is 19.9 Å². The molecule has 0 atom stereocenters. The second-order valence-electron chi connectivity index (χ2n) is 8.89. The van der Waals surface area contributed by atoms with Crippen LogP contribution in [0.1, 0.15) is 12.8 Å². The van der Waals surface area contributed by atoms with Crippen LogP contribution in [0.15, 0.2) is 60.9 Å². The van der Waals surface area contributed by atoms with Crippen LogP contribution in [0.3, 0.4) is 0 Å². The number of rotatable bonds is 8. The molecule has 1 aliphatic rings. The van der Waals surface area contributed by atoms with Gasteiger partial charge in [-0.3, -0.25) is 4.98 Å². The van der Waals surface area contributed by atoms with Crippen LogP contribution in [0, 0.1) is 0 Å². The predicted molar refractivity (Wildman–Crippen MR) is 140 cm³/mol. The van der Waals surface area contributed by atoms with Gasteiger partial charge in [-0.15, -0.1) is 0 Å². The van der Waals surface area contributed by atoms with Gasteiger partial charge in [0.05, 0.1) is 24.5 Å². The van der Waals surface area contributed by atoms with E-state index >= 15 is 0 Å². The van der Waals surface area contributed by atoms with Crippen LogP contribution < -0.4 is 25.6 Å². The Morgan fingerprint density at radius 1 is 0.943 bits per heavy atom. The summed E-state index contributed by atoms with van der Waals surface area (Å²) in [5, 5.41) is 7.47. The van der Waals surface area contributed by atoms with Crippen LogP contribution in [-0.4, -0.2) is 61.0 Å². The molecule has 4 aromatic rings. The van der Waals surface area contributed by atoms with Crippen molar-refractivity contribution in [3.63, 3.8) is 0 Å². The van der Waals surface area contributed by atoms with Crippen LogP contribution in [0.25, 0.3) is 10.9 Å². The zero-order valence-corrected chi connectivity index (χ0v) is 20.0. The normalized spacial score (nSPS) is 17.1. The number of ether oxygens (including phenoxy) is 2. The lowest BCUT2D eigenvalue weighted by Crippen LogP contribution is -2.46. The second kappa shape index (κ2) is 9.80. The molecule has 2 aromatic carbocycles. The quantitative estimate of drug-likeness (QED) is 0.380. The van der Waals surface area contributed by atoms with Gasteiger partial charge >= 0.3 is 0 Å². The topological polar surface area (TPSA) is 84.4 Å². The smallest absolute Gasteiger partial charge is 0.229 e. The molecule has 2 heterocycles. The van der Waals surface area contributed by atoms with Crippen LogP contribution in [0.4, 0.5) is 23.1 Å². The molecule has 2 aromatic heterocycles. The molecule has 176 valence electrons. The minimum atomic E-state index is 0.210. The summed E-state index contributed by atoms with van der Waals surface area (Å²) in [6, 6.07) is 15.7. The largest absolute Gasteiger partial charge is 0.493 e. The Labute approximate surface area is 206 Å². The van der Waals surface area contributed by atoms with E-state index < -0.39 is 0 Å². The van der Waals surface area contributed by atoms with Crippen molar-refractivity contribution < 1.29 is 9.47 Å². The van der Waals surface area contributed by atoms with Gasteiger partial charge in [0.2, 0.25) is 5.95 Å². The zero-order chi connectivity index (χ0) is 24.4. The maximum absolute atomic E-state index is 6.15. The SMILES string of the molecule is [B]c1ccc2ncc(Nc3ccnc(Nc4ccc(OC5CC(N(C)C)C5)c(OC)c4)n3)cc2c1. The number of nitrogens with zero attached hydrogens (tertiary/aromatic N) is 4. The summed E-state index contributed by atoms with van der Waals surface area (Å²) < 4.78 is 11.7. The standard InChI is InChI=1S/C26H27BN6O2/c1-33(2)20-13-21(14-20)35-23-7-5-18(12-24(23)34-3)31-26-28-9-8-25(32-26)30-19-11-16-10-17(27)4-6-22(16)29-15-19/h4-12,15,20-21H,13-14H2,1-3H3,(H2,28,30,31,32). The van der Waals surface area contributed by atoms with E-state index in [1.807, 2.05) is 42.5 Å². The highest BCUT2D eigenvalue weighted by Gasteiger charge is 2.32. The minimum absolute atomic E-state index is 0.210. The van der Waals surface area contributed by atoms with Crippen molar-refractivity contribution in [2.24, 2.45) is 0 Å². The Hall–Kier alpha value is -3.85. The van der Waals surface area contributed by atoms with E-state index in [1.54, 1.807) is 25.6 Å². The molecule has 1 saturated carbocycles. The first-order valence-electron chi connectivity index (χ1n) is 11.5. The van der Waals surface area contributed by atoms with Crippen molar-refractivity contribution >= 4 is 47.4 Å². The molecule has 8 nitrogen and oxygen atoms in total. The molecule has 35 heavy (non-hydrogen) atoms. The maximum Gasteiger partial charge on any atom is 0.229 e. The van der Waals surface area contributed by atoms with Gasteiger partial charge in [0.15, 0.2) is 11.5 Å². The van der Waals surface area contributed by atoms with Crippen molar-refractivity contribution in [3.05, 3.63) is 60.9 Å². The average molecular weight is 466 g/mol. The molecular formula is C26H27BN6O2. The maximum atomic E-state index is 6.15. The Morgan fingerprint density at radius 3 is 2.60 bits per heavy atom.